The molecule has 1 heterocycles. The largest absolute Gasteiger partial charge is 0.381 e. The molecule has 0 spiro atoms. The van der Waals surface area contributed by atoms with Gasteiger partial charge in [-0.05, 0) is 20.0 Å². The third kappa shape index (κ3) is 3.69. The second-order valence-corrected chi connectivity index (χ2v) is 5.79. The fourth-order valence-electron chi connectivity index (χ4n) is 1.99. The molecule has 0 aliphatic heterocycles. The van der Waals surface area contributed by atoms with Gasteiger partial charge in [0.25, 0.3) is 0 Å². The summed E-state index contributed by atoms with van der Waals surface area (Å²) in [7, 11) is 5.56. The van der Waals surface area contributed by atoms with E-state index in [1.807, 2.05) is 27.9 Å². The molecule has 0 saturated heterocycles. The Hall–Kier alpha value is -0.620. The van der Waals surface area contributed by atoms with Gasteiger partial charge >= 0.3 is 0 Å². The minimum Gasteiger partial charge on any atom is -0.381 e. The van der Waals surface area contributed by atoms with Crippen molar-refractivity contribution in [2.45, 2.75) is 26.0 Å². The Morgan fingerprint density at radius 1 is 1.53 bits per heavy atom. The van der Waals surface area contributed by atoms with Crippen LogP contribution in [0.1, 0.15) is 19.5 Å². The van der Waals surface area contributed by atoms with E-state index in [4.69, 9.17) is 16.3 Å². The predicted octanol–water partition coefficient (Wildman–Crippen LogP) is 1.59. The topological polar surface area (TPSA) is 50.5 Å². The molecule has 0 aliphatic carbocycles. The molecule has 19 heavy (non-hydrogen) atoms. The van der Waals surface area contributed by atoms with Crippen LogP contribution in [0.15, 0.2) is 6.20 Å². The number of likely N-dealkylation sites (N-methyl/N-ethyl adjacent to an activating group) is 1. The van der Waals surface area contributed by atoms with Crippen molar-refractivity contribution in [1.82, 2.24) is 14.7 Å². The lowest BCUT2D eigenvalue weighted by Gasteiger charge is -2.32. The minimum atomic E-state index is -1.13. The molecular weight excluding hydrogens is 266 g/mol. The smallest absolute Gasteiger partial charge is 0.133 e. The molecule has 0 amide bonds. The first kappa shape index (κ1) is 16.4. The molecule has 0 bridgehead atoms. The van der Waals surface area contributed by atoms with Gasteiger partial charge in [0.1, 0.15) is 5.60 Å². The van der Waals surface area contributed by atoms with Crippen molar-refractivity contribution in [2.75, 3.05) is 34.4 Å². The van der Waals surface area contributed by atoms with E-state index in [1.165, 1.54) is 0 Å². The summed E-state index contributed by atoms with van der Waals surface area (Å²) in [6.07, 6.45) is 1.58. The van der Waals surface area contributed by atoms with Crippen LogP contribution in [-0.2, 0) is 16.9 Å². The van der Waals surface area contributed by atoms with E-state index in [0.29, 0.717) is 17.3 Å². The van der Waals surface area contributed by atoms with Crippen LogP contribution in [0.5, 0.6) is 0 Å². The number of nitrogens with zero attached hydrogens (tertiary/aromatic N) is 3. The summed E-state index contributed by atoms with van der Waals surface area (Å²) in [6, 6.07) is 0. The highest BCUT2D eigenvalue weighted by Gasteiger charge is 2.38. The van der Waals surface area contributed by atoms with Crippen molar-refractivity contribution < 1.29 is 9.84 Å². The van der Waals surface area contributed by atoms with E-state index in [1.54, 1.807) is 18.0 Å². The van der Waals surface area contributed by atoms with Crippen molar-refractivity contribution in [2.24, 2.45) is 5.92 Å². The minimum absolute atomic E-state index is 0.0280. The van der Waals surface area contributed by atoms with Crippen LogP contribution in [0.4, 0.5) is 0 Å². The lowest BCUT2D eigenvalue weighted by atomic mass is 9.87. The number of aliphatic hydroxyl groups is 1. The van der Waals surface area contributed by atoms with E-state index >= 15 is 0 Å². The van der Waals surface area contributed by atoms with Crippen LogP contribution >= 0.6 is 11.6 Å². The Morgan fingerprint density at radius 3 is 2.63 bits per heavy atom. The van der Waals surface area contributed by atoms with E-state index in [2.05, 4.69) is 10.00 Å². The van der Waals surface area contributed by atoms with Gasteiger partial charge in [-0.25, -0.2) is 0 Å². The zero-order chi connectivity index (χ0) is 14.6. The quantitative estimate of drug-likeness (QED) is 0.828. The van der Waals surface area contributed by atoms with Gasteiger partial charge in [0, 0.05) is 13.7 Å². The highest BCUT2D eigenvalue weighted by Crippen LogP contribution is 2.34. The van der Waals surface area contributed by atoms with E-state index in [-0.39, 0.29) is 12.5 Å². The first-order chi connectivity index (χ1) is 8.82. The first-order valence-electron chi connectivity index (χ1n) is 6.40. The Labute approximate surface area is 120 Å². The Kier molecular flexibility index (Phi) is 5.80. The monoisotopic (exact) mass is 289 g/mol. The molecule has 0 radical (unpaired) electrons. The van der Waals surface area contributed by atoms with Crippen LogP contribution in [0.25, 0.3) is 0 Å². The normalized spacial score (nSPS) is 15.2. The van der Waals surface area contributed by atoms with E-state index < -0.39 is 5.60 Å². The highest BCUT2D eigenvalue weighted by atomic mass is 35.5. The van der Waals surface area contributed by atoms with Crippen molar-refractivity contribution in [3.05, 3.63) is 16.9 Å². The van der Waals surface area contributed by atoms with Gasteiger partial charge < -0.3 is 14.7 Å². The van der Waals surface area contributed by atoms with Gasteiger partial charge in [-0.15, -0.1) is 0 Å². The molecule has 1 rings (SSSR count). The zero-order valence-corrected chi connectivity index (χ0v) is 13.1. The molecule has 1 unspecified atom stereocenters. The highest BCUT2D eigenvalue weighted by molar-refractivity contribution is 6.31. The lowest BCUT2D eigenvalue weighted by molar-refractivity contribution is -0.0760. The predicted molar refractivity (Wildman–Crippen MR) is 76.4 cm³/mol. The molecule has 0 aromatic carbocycles. The standard InChI is InChI=1S/C13H24ClN3O2/c1-10(2)13(18,9-19-5)12-11(14)8-15-17(12)7-6-16(3)4/h8,10,18H,6-7,9H2,1-5H3. The van der Waals surface area contributed by atoms with Crippen LogP contribution in [0.3, 0.4) is 0 Å². The van der Waals surface area contributed by atoms with Gasteiger partial charge in [0.2, 0.25) is 0 Å². The van der Waals surface area contributed by atoms with Gasteiger partial charge in [-0.3, -0.25) is 4.68 Å². The van der Waals surface area contributed by atoms with Crippen LogP contribution in [0.2, 0.25) is 5.02 Å². The maximum atomic E-state index is 10.9. The Morgan fingerprint density at radius 2 is 2.16 bits per heavy atom. The average molecular weight is 290 g/mol. The molecule has 1 aromatic rings. The van der Waals surface area contributed by atoms with Gasteiger partial charge in [-0.2, -0.15) is 5.10 Å². The summed E-state index contributed by atoms with van der Waals surface area (Å²) >= 11 is 6.21. The summed E-state index contributed by atoms with van der Waals surface area (Å²) in [5.74, 6) is -0.0280. The molecule has 1 N–H and O–H groups in total. The number of ether oxygens (including phenoxy) is 1. The number of rotatable bonds is 7. The Balaban J connectivity index is 3.11. The van der Waals surface area contributed by atoms with Crippen LogP contribution < -0.4 is 0 Å². The summed E-state index contributed by atoms with van der Waals surface area (Å²) in [6.45, 7) is 5.58. The first-order valence-corrected chi connectivity index (χ1v) is 6.78. The number of aromatic nitrogens is 2. The molecule has 6 heteroatoms. The molecule has 110 valence electrons. The second kappa shape index (κ2) is 6.70. The Bertz CT molecular complexity index is 407. The van der Waals surface area contributed by atoms with Crippen molar-refractivity contribution in [1.29, 1.82) is 0 Å². The number of hydrogen-bond donors (Lipinski definition) is 1. The molecule has 1 aromatic heterocycles. The second-order valence-electron chi connectivity index (χ2n) is 5.38. The van der Waals surface area contributed by atoms with Gasteiger partial charge in [0.05, 0.1) is 30.1 Å². The van der Waals surface area contributed by atoms with E-state index in [0.717, 1.165) is 6.54 Å². The molecule has 1 atom stereocenters. The zero-order valence-electron chi connectivity index (χ0n) is 12.4. The summed E-state index contributed by atoms with van der Waals surface area (Å²) in [5.41, 5.74) is -0.498. The third-order valence-electron chi connectivity index (χ3n) is 3.28. The van der Waals surface area contributed by atoms with Crippen molar-refractivity contribution in [3.63, 3.8) is 0 Å². The lowest BCUT2D eigenvalue weighted by Crippen LogP contribution is -2.40. The fourth-order valence-corrected chi connectivity index (χ4v) is 2.29. The summed E-state index contributed by atoms with van der Waals surface area (Å²) in [4.78, 5) is 2.06. The average Bonchev–Trinajstić information content (AvgIpc) is 2.68. The summed E-state index contributed by atoms with van der Waals surface area (Å²) < 4.78 is 6.93. The SMILES string of the molecule is COCC(O)(c1c(Cl)cnn1CCN(C)C)C(C)C. The van der Waals surface area contributed by atoms with Crippen molar-refractivity contribution in [3.8, 4) is 0 Å². The van der Waals surface area contributed by atoms with Gasteiger partial charge in [-0.1, -0.05) is 25.4 Å². The van der Waals surface area contributed by atoms with Gasteiger partial charge in [0.15, 0.2) is 0 Å². The van der Waals surface area contributed by atoms with Crippen LogP contribution in [-0.4, -0.2) is 54.1 Å². The molecule has 5 nitrogen and oxygen atoms in total. The number of hydrogen-bond acceptors (Lipinski definition) is 4. The number of halogens is 1. The van der Waals surface area contributed by atoms with Crippen molar-refractivity contribution >= 4 is 11.6 Å². The number of methoxy groups -OCH3 is 1. The fraction of sp³-hybridized carbons (Fsp3) is 0.769. The maximum absolute atomic E-state index is 10.9. The van der Waals surface area contributed by atoms with Crippen LogP contribution in [0, 0.1) is 5.92 Å². The molecule has 0 aliphatic rings. The molecular formula is C13H24ClN3O2. The molecule has 0 fully saturated rings. The third-order valence-corrected chi connectivity index (χ3v) is 3.56. The maximum Gasteiger partial charge on any atom is 0.133 e. The summed E-state index contributed by atoms with van der Waals surface area (Å²) in [5, 5.41) is 15.6. The van der Waals surface area contributed by atoms with E-state index in [9.17, 15) is 5.11 Å². The molecule has 0 saturated carbocycles.